The van der Waals surface area contributed by atoms with E-state index in [2.05, 4.69) is 9.97 Å². The summed E-state index contributed by atoms with van der Waals surface area (Å²) in [5.74, 6) is 0.661. The zero-order valence-electron chi connectivity index (χ0n) is 11.3. The molecule has 0 bridgehead atoms. The molecule has 0 saturated carbocycles. The Labute approximate surface area is 141 Å². The van der Waals surface area contributed by atoms with Crippen molar-refractivity contribution in [1.82, 2.24) is 9.97 Å². The molecule has 0 amide bonds. The van der Waals surface area contributed by atoms with Gasteiger partial charge in [-0.2, -0.15) is 13.2 Å². The molecule has 3 aromatic rings. The number of hydrogen-bond donors (Lipinski definition) is 1. The van der Waals surface area contributed by atoms with Gasteiger partial charge in [-0.25, -0.2) is 4.98 Å². The van der Waals surface area contributed by atoms with Crippen LogP contribution in [0.5, 0.6) is 0 Å². The average molecular weight is 377 g/mol. The van der Waals surface area contributed by atoms with E-state index in [1.165, 1.54) is 23.5 Å². The minimum Gasteiger partial charge on any atom is -0.309 e. The second-order valence-electron chi connectivity index (χ2n) is 4.58. The summed E-state index contributed by atoms with van der Waals surface area (Å²) < 4.78 is 39.0. The van der Waals surface area contributed by atoms with Crippen LogP contribution in [0, 0.1) is 0 Å². The van der Waals surface area contributed by atoms with Gasteiger partial charge >= 0.3 is 6.18 Å². The molecule has 1 aromatic carbocycles. The van der Waals surface area contributed by atoms with Crippen LogP contribution < -0.4 is 5.56 Å². The number of H-pyrrole nitrogens is 1. The maximum absolute atomic E-state index is 12.8. The van der Waals surface area contributed by atoms with Gasteiger partial charge in [0.1, 0.15) is 10.5 Å². The van der Waals surface area contributed by atoms with E-state index >= 15 is 0 Å². The van der Waals surface area contributed by atoms with Crippen LogP contribution in [-0.2, 0) is 11.9 Å². The van der Waals surface area contributed by atoms with Gasteiger partial charge in [0.15, 0.2) is 0 Å². The second kappa shape index (κ2) is 6.18. The Morgan fingerprint density at radius 1 is 1.30 bits per heavy atom. The van der Waals surface area contributed by atoms with E-state index in [1.54, 1.807) is 11.4 Å². The third kappa shape index (κ3) is 3.54. The number of rotatable bonds is 3. The van der Waals surface area contributed by atoms with Crippen molar-refractivity contribution in [3.63, 3.8) is 0 Å². The molecule has 3 nitrogen and oxygen atoms in total. The van der Waals surface area contributed by atoms with E-state index in [9.17, 15) is 18.0 Å². The lowest BCUT2D eigenvalue weighted by molar-refractivity contribution is -0.137. The van der Waals surface area contributed by atoms with Gasteiger partial charge in [0.2, 0.25) is 0 Å². The first-order valence-electron chi connectivity index (χ1n) is 6.30. The number of benzene rings is 1. The molecular weight excluding hydrogens is 369 g/mol. The van der Waals surface area contributed by atoms with Crippen molar-refractivity contribution in [3.05, 3.63) is 56.4 Å². The molecule has 1 N–H and O–H groups in total. The lowest BCUT2D eigenvalue weighted by Crippen LogP contribution is -2.09. The number of thioether (sulfide) groups is 1. The van der Waals surface area contributed by atoms with Gasteiger partial charge in [-0.1, -0.05) is 11.6 Å². The van der Waals surface area contributed by atoms with Gasteiger partial charge in [-0.3, -0.25) is 4.79 Å². The minimum absolute atomic E-state index is 0.243. The number of hydrogen-bond acceptors (Lipinski definition) is 4. The van der Waals surface area contributed by atoms with Gasteiger partial charge < -0.3 is 4.98 Å². The highest BCUT2D eigenvalue weighted by Gasteiger charge is 2.33. The highest BCUT2D eigenvalue weighted by molar-refractivity contribution is 7.98. The first kappa shape index (κ1) is 16.4. The summed E-state index contributed by atoms with van der Waals surface area (Å²) in [6, 6.07) is 5.44. The first-order valence-corrected chi connectivity index (χ1v) is 8.55. The summed E-state index contributed by atoms with van der Waals surface area (Å²) >= 11 is 8.02. The van der Waals surface area contributed by atoms with Gasteiger partial charge in [-0.05, 0) is 29.6 Å². The molecule has 2 aromatic heterocycles. The van der Waals surface area contributed by atoms with Gasteiger partial charge in [0.05, 0.1) is 21.9 Å². The standard InChI is InChI=1S/C14H8ClF3N2OS2/c15-9-2-1-7(5-8(9)14(16,17)18)23-6-11-19-10-3-4-22-12(10)13(21)20-11/h1-5H,6H2,(H,19,20,21). The summed E-state index contributed by atoms with van der Waals surface area (Å²) in [6.07, 6.45) is -4.50. The maximum Gasteiger partial charge on any atom is 0.417 e. The number of halogens is 4. The largest absolute Gasteiger partial charge is 0.417 e. The minimum atomic E-state index is -4.50. The molecule has 120 valence electrons. The second-order valence-corrected chi connectivity index (χ2v) is 6.95. The maximum atomic E-state index is 12.8. The fraction of sp³-hybridized carbons (Fsp3) is 0.143. The Balaban J connectivity index is 1.83. The Morgan fingerprint density at radius 2 is 2.09 bits per heavy atom. The average Bonchev–Trinajstić information content (AvgIpc) is 2.94. The molecule has 3 rings (SSSR count). The Morgan fingerprint density at radius 3 is 2.83 bits per heavy atom. The smallest absolute Gasteiger partial charge is 0.309 e. The van der Waals surface area contributed by atoms with Crippen molar-refractivity contribution < 1.29 is 13.2 Å². The molecule has 0 spiro atoms. The molecule has 0 atom stereocenters. The van der Waals surface area contributed by atoms with Gasteiger partial charge in [0.25, 0.3) is 5.56 Å². The predicted molar refractivity (Wildman–Crippen MR) is 86.3 cm³/mol. The summed E-state index contributed by atoms with van der Waals surface area (Å²) in [6.45, 7) is 0. The van der Waals surface area contributed by atoms with Crippen LogP contribution in [0.1, 0.15) is 11.4 Å². The van der Waals surface area contributed by atoms with Crippen LogP contribution in [0.4, 0.5) is 13.2 Å². The van der Waals surface area contributed by atoms with E-state index < -0.39 is 11.7 Å². The number of aromatic nitrogens is 2. The SMILES string of the molecule is O=c1[nH]c(CSc2ccc(Cl)c(C(F)(F)F)c2)nc2ccsc12. The molecule has 0 radical (unpaired) electrons. The molecule has 9 heteroatoms. The number of fused-ring (bicyclic) bond motifs is 1. The number of nitrogens with zero attached hydrogens (tertiary/aromatic N) is 1. The predicted octanol–water partition coefficient (Wildman–Crippen LogP) is 4.95. The molecule has 23 heavy (non-hydrogen) atoms. The molecule has 0 aliphatic rings. The van der Waals surface area contributed by atoms with Crippen LogP contribution in [0.3, 0.4) is 0 Å². The van der Waals surface area contributed by atoms with Crippen molar-refractivity contribution in [2.45, 2.75) is 16.8 Å². The summed E-state index contributed by atoms with van der Waals surface area (Å²) in [5, 5.41) is 1.42. The van der Waals surface area contributed by atoms with E-state index in [-0.39, 0.29) is 16.3 Å². The molecule has 0 aliphatic heterocycles. The van der Waals surface area contributed by atoms with Crippen LogP contribution in [0.15, 0.2) is 39.3 Å². The summed E-state index contributed by atoms with van der Waals surface area (Å²) in [7, 11) is 0. The monoisotopic (exact) mass is 376 g/mol. The topological polar surface area (TPSA) is 45.8 Å². The third-order valence-electron chi connectivity index (χ3n) is 2.98. The number of aromatic amines is 1. The highest BCUT2D eigenvalue weighted by atomic mass is 35.5. The van der Waals surface area contributed by atoms with Crippen molar-refractivity contribution in [1.29, 1.82) is 0 Å². The van der Waals surface area contributed by atoms with Crippen molar-refractivity contribution >= 4 is 44.9 Å². The van der Waals surface area contributed by atoms with Crippen LogP contribution in [0.25, 0.3) is 10.2 Å². The fourth-order valence-corrected chi connectivity index (χ4v) is 3.71. The Bertz CT molecular complexity index is 920. The number of nitrogens with one attached hydrogen (secondary N) is 1. The molecular formula is C14H8ClF3N2OS2. The Hall–Kier alpha value is -1.51. The van der Waals surface area contributed by atoms with E-state index in [1.807, 2.05) is 0 Å². The molecule has 0 aliphatic carbocycles. The van der Waals surface area contributed by atoms with Crippen LogP contribution in [-0.4, -0.2) is 9.97 Å². The molecule has 0 unspecified atom stereocenters. The van der Waals surface area contributed by atoms with Gasteiger partial charge in [-0.15, -0.1) is 23.1 Å². The third-order valence-corrected chi connectivity index (χ3v) is 5.22. The Kier molecular flexibility index (Phi) is 4.39. The zero-order chi connectivity index (χ0) is 16.6. The normalized spacial score (nSPS) is 12.0. The number of alkyl halides is 3. The summed E-state index contributed by atoms with van der Waals surface area (Å²) in [5.41, 5.74) is -0.534. The summed E-state index contributed by atoms with van der Waals surface area (Å²) in [4.78, 5) is 19.2. The highest BCUT2D eigenvalue weighted by Crippen LogP contribution is 2.37. The van der Waals surface area contributed by atoms with Crippen molar-refractivity contribution in [2.24, 2.45) is 0 Å². The molecule has 2 heterocycles. The van der Waals surface area contributed by atoms with Gasteiger partial charge in [0, 0.05) is 4.90 Å². The lowest BCUT2D eigenvalue weighted by atomic mass is 10.2. The van der Waals surface area contributed by atoms with Crippen molar-refractivity contribution in [2.75, 3.05) is 0 Å². The fourth-order valence-electron chi connectivity index (χ4n) is 1.95. The van der Waals surface area contributed by atoms with E-state index in [4.69, 9.17) is 11.6 Å². The zero-order valence-corrected chi connectivity index (χ0v) is 13.7. The van der Waals surface area contributed by atoms with E-state index in [0.29, 0.717) is 20.9 Å². The number of thiophene rings is 1. The first-order chi connectivity index (χ1) is 10.8. The van der Waals surface area contributed by atoms with Crippen molar-refractivity contribution in [3.8, 4) is 0 Å². The lowest BCUT2D eigenvalue weighted by Gasteiger charge is -2.10. The molecule has 0 saturated heterocycles. The van der Waals surface area contributed by atoms with Crippen LogP contribution in [0.2, 0.25) is 5.02 Å². The molecule has 0 fully saturated rings. The van der Waals surface area contributed by atoms with E-state index in [0.717, 1.165) is 17.8 Å². The quantitative estimate of drug-likeness (QED) is 0.658. The van der Waals surface area contributed by atoms with Crippen LogP contribution >= 0.6 is 34.7 Å².